The average molecular weight is 139 g/mol. The van der Waals surface area contributed by atoms with Crippen molar-refractivity contribution in [3.8, 4) is 12.3 Å². The van der Waals surface area contributed by atoms with Gasteiger partial charge in [-0.2, -0.15) is 0 Å². The second kappa shape index (κ2) is 4.45. The molecule has 0 aromatic heterocycles. The minimum absolute atomic E-state index is 0.332. The standard InChI is InChI=1S/C7H9NO2/c1-3-6(2)4-5-8-7(9)10/h1,8H,2,4-5H2,(H,9,10). The van der Waals surface area contributed by atoms with Crippen LogP contribution >= 0.6 is 0 Å². The van der Waals surface area contributed by atoms with Crippen molar-refractivity contribution in [2.45, 2.75) is 6.42 Å². The summed E-state index contributed by atoms with van der Waals surface area (Å²) in [5.41, 5.74) is 0.605. The molecule has 0 rings (SSSR count). The highest BCUT2D eigenvalue weighted by Crippen LogP contribution is 1.91. The van der Waals surface area contributed by atoms with Crippen LogP contribution in [0.4, 0.5) is 4.79 Å². The fourth-order valence-electron chi connectivity index (χ4n) is 0.392. The molecule has 0 heterocycles. The lowest BCUT2D eigenvalue weighted by Crippen LogP contribution is -2.21. The fraction of sp³-hybridized carbons (Fsp3) is 0.286. The first-order valence-corrected chi connectivity index (χ1v) is 2.78. The van der Waals surface area contributed by atoms with Crippen LogP contribution in [0.25, 0.3) is 0 Å². The molecule has 0 unspecified atom stereocenters. The molecule has 0 saturated heterocycles. The predicted octanol–water partition coefficient (Wildman–Crippen LogP) is 0.833. The molecule has 1 amide bonds. The fourth-order valence-corrected chi connectivity index (χ4v) is 0.392. The van der Waals surface area contributed by atoms with Crippen molar-refractivity contribution in [3.05, 3.63) is 12.2 Å². The van der Waals surface area contributed by atoms with Crippen LogP contribution in [0.2, 0.25) is 0 Å². The number of carbonyl (C=O) groups is 1. The summed E-state index contributed by atoms with van der Waals surface area (Å²) in [7, 11) is 0. The Morgan fingerprint density at radius 2 is 2.40 bits per heavy atom. The highest BCUT2D eigenvalue weighted by atomic mass is 16.4. The maximum atomic E-state index is 9.88. The highest BCUT2D eigenvalue weighted by Gasteiger charge is 1.92. The Hall–Kier alpha value is -1.43. The third-order valence-electron chi connectivity index (χ3n) is 0.907. The van der Waals surface area contributed by atoms with E-state index in [9.17, 15) is 4.79 Å². The molecule has 0 bridgehead atoms. The molecule has 0 aliphatic heterocycles. The van der Waals surface area contributed by atoms with Gasteiger partial charge in [0.05, 0.1) is 0 Å². The van der Waals surface area contributed by atoms with Crippen molar-refractivity contribution >= 4 is 6.09 Å². The van der Waals surface area contributed by atoms with Gasteiger partial charge in [0, 0.05) is 6.54 Å². The van der Waals surface area contributed by atoms with Crippen molar-refractivity contribution in [1.29, 1.82) is 0 Å². The first kappa shape index (κ1) is 8.57. The Kier molecular flexibility index (Phi) is 3.81. The van der Waals surface area contributed by atoms with Crippen molar-refractivity contribution in [1.82, 2.24) is 5.32 Å². The summed E-state index contributed by atoms with van der Waals surface area (Å²) in [6, 6.07) is 0. The van der Waals surface area contributed by atoms with Crippen LogP contribution < -0.4 is 5.32 Å². The Morgan fingerprint density at radius 1 is 1.80 bits per heavy atom. The molecule has 0 aliphatic carbocycles. The molecule has 3 heteroatoms. The number of nitrogens with one attached hydrogen (secondary N) is 1. The molecule has 10 heavy (non-hydrogen) atoms. The van der Waals surface area contributed by atoms with Gasteiger partial charge >= 0.3 is 6.09 Å². The van der Waals surface area contributed by atoms with Crippen molar-refractivity contribution < 1.29 is 9.90 Å². The SMILES string of the molecule is C#CC(=C)CCNC(=O)O. The summed E-state index contributed by atoms with van der Waals surface area (Å²) in [6.45, 7) is 3.83. The van der Waals surface area contributed by atoms with Gasteiger partial charge in [0.15, 0.2) is 0 Å². The Morgan fingerprint density at radius 3 is 2.80 bits per heavy atom. The lowest BCUT2D eigenvalue weighted by molar-refractivity contribution is 0.194. The molecule has 54 valence electrons. The second-order valence-electron chi connectivity index (χ2n) is 1.73. The summed E-state index contributed by atoms with van der Waals surface area (Å²) < 4.78 is 0. The number of amides is 1. The minimum Gasteiger partial charge on any atom is -0.465 e. The summed E-state index contributed by atoms with van der Waals surface area (Å²) in [4.78, 5) is 9.88. The van der Waals surface area contributed by atoms with Crippen molar-refractivity contribution in [3.63, 3.8) is 0 Å². The van der Waals surface area contributed by atoms with E-state index in [-0.39, 0.29) is 0 Å². The van der Waals surface area contributed by atoms with Crippen LogP contribution in [-0.4, -0.2) is 17.7 Å². The number of hydrogen-bond acceptors (Lipinski definition) is 1. The average Bonchev–Trinajstić information content (AvgIpc) is 1.87. The summed E-state index contributed by atoms with van der Waals surface area (Å²) in [5.74, 6) is 2.31. The molecular formula is C7H9NO2. The first-order valence-electron chi connectivity index (χ1n) is 2.78. The Bertz CT molecular complexity index is 179. The largest absolute Gasteiger partial charge is 0.465 e. The van der Waals surface area contributed by atoms with Gasteiger partial charge in [0.1, 0.15) is 0 Å². The van der Waals surface area contributed by atoms with Gasteiger partial charge in [-0.3, -0.25) is 0 Å². The van der Waals surface area contributed by atoms with E-state index in [0.29, 0.717) is 18.5 Å². The first-order chi connectivity index (χ1) is 4.66. The predicted molar refractivity (Wildman–Crippen MR) is 38.6 cm³/mol. The van der Waals surface area contributed by atoms with Gasteiger partial charge in [-0.05, 0) is 12.0 Å². The van der Waals surface area contributed by atoms with E-state index in [1.807, 2.05) is 0 Å². The minimum atomic E-state index is -1.04. The van der Waals surface area contributed by atoms with Crippen LogP contribution in [0.5, 0.6) is 0 Å². The zero-order chi connectivity index (χ0) is 7.98. The van der Waals surface area contributed by atoms with Crippen LogP contribution in [0.1, 0.15) is 6.42 Å². The topological polar surface area (TPSA) is 49.3 Å². The van der Waals surface area contributed by atoms with Gasteiger partial charge in [-0.15, -0.1) is 6.42 Å². The molecule has 0 saturated carbocycles. The molecule has 0 aromatic carbocycles. The third-order valence-corrected chi connectivity index (χ3v) is 0.907. The van der Waals surface area contributed by atoms with Crippen LogP contribution in [-0.2, 0) is 0 Å². The molecule has 0 radical (unpaired) electrons. The normalized spacial score (nSPS) is 7.90. The van der Waals surface area contributed by atoms with E-state index >= 15 is 0 Å². The molecule has 0 aliphatic rings. The zero-order valence-corrected chi connectivity index (χ0v) is 5.55. The molecule has 0 fully saturated rings. The van der Waals surface area contributed by atoms with E-state index in [1.54, 1.807) is 0 Å². The third kappa shape index (κ3) is 4.72. The Labute approximate surface area is 59.7 Å². The van der Waals surface area contributed by atoms with E-state index in [1.165, 1.54) is 0 Å². The maximum Gasteiger partial charge on any atom is 0.404 e. The van der Waals surface area contributed by atoms with Gasteiger partial charge < -0.3 is 10.4 Å². The quantitative estimate of drug-likeness (QED) is 0.569. The van der Waals surface area contributed by atoms with Crippen LogP contribution in [0, 0.1) is 12.3 Å². The van der Waals surface area contributed by atoms with E-state index in [0.717, 1.165) is 0 Å². The van der Waals surface area contributed by atoms with Crippen molar-refractivity contribution in [2.75, 3.05) is 6.54 Å². The molecule has 3 nitrogen and oxygen atoms in total. The van der Waals surface area contributed by atoms with E-state index < -0.39 is 6.09 Å². The lowest BCUT2D eigenvalue weighted by Gasteiger charge is -1.97. The Balaban J connectivity index is 3.31. The van der Waals surface area contributed by atoms with Crippen molar-refractivity contribution in [2.24, 2.45) is 0 Å². The molecule has 2 N–H and O–H groups in total. The molecule has 0 atom stereocenters. The van der Waals surface area contributed by atoms with Gasteiger partial charge in [-0.25, -0.2) is 4.79 Å². The zero-order valence-electron chi connectivity index (χ0n) is 5.55. The number of carboxylic acid groups (broad SMARTS) is 1. The van der Waals surface area contributed by atoms with Gasteiger partial charge in [0.25, 0.3) is 0 Å². The van der Waals surface area contributed by atoms with E-state index in [4.69, 9.17) is 11.5 Å². The van der Waals surface area contributed by atoms with Gasteiger partial charge in [-0.1, -0.05) is 12.5 Å². The smallest absolute Gasteiger partial charge is 0.404 e. The lowest BCUT2D eigenvalue weighted by atomic mass is 10.2. The van der Waals surface area contributed by atoms with Crippen LogP contribution in [0.3, 0.4) is 0 Å². The summed E-state index contributed by atoms with van der Waals surface area (Å²) in [5, 5.41) is 10.3. The molecular weight excluding hydrogens is 130 g/mol. The number of rotatable bonds is 3. The summed E-state index contributed by atoms with van der Waals surface area (Å²) in [6.07, 6.45) is 4.43. The summed E-state index contributed by atoms with van der Waals surface area (Å²) >= 11 is 0. The van der Waals surface area contributed by atoms with E-state index in [2.05, 4.69) is 17.8 Å². The molecule has 0 aromatic rings. The molecule has 0 spiro atoms. The van der Waals surface area contributed by atoms with Gasteiger partial charge in [0.2, 0.25) is 0 Å². The maximum absolute atomic E-state index is 9.88. The second-order valence-corrected chi connectivity index (χ2v) is 1.73. The van der Waals surface area contributed by atoms with Crippen LogP contribution in [0.15, 0.2) is 12.2 Å². The number of hydrogen-bond donors (Lipinski definition) is 2. The number of terminal acetylenes is 1. The highest BCUT2D eigenvalue weighted by molar-refractivity contribution is 5.64. The monoisotopic (exact) mass is 139 g/mol.